The number of piperazine rings is 1. The van der Waals surface area contributed by atoms with E-state index in [2.05, 4.69) is 20.4 Å². The largest absolute Gasteiger partial charge is 0.338 e. The second-order valence-corrected chi connectivity index (χ2v) is 8.82. The van der Waals surface area contributed by atoms with Gasteiger partial charge in [0.05, 0.1) is 5.41 Å². The summed E-state index contributed by atoms with van der Waals surface area (Å²) in [5.41, 5.74) is 1.08. The molecule has 27 heavy (non-hydrogen) atoms. The Labute approximate surface area is 160 Å². The predicted octanol–water partition coefficient (Wildman–Crippen LogP) is 3.49. The molecule has 2 atom stereocenters. The Bertz CT molecular complexity index is 810. The fraction of sp³-hybridized carbons (Fsp3) is 0.545. The van der Waals surface area contributed by atoms with E-state index in [1.54, 1.807) is 17.0 Å². The number of halogens is 1. The molecule has 144 valence electrons. The third-order valence-corrected chi connectivity index (χ3v) is 7.23. The highest BCUT2D eigenvalue weighted by Gasteiger charge is 2.61. The maximum absolute atomic E-state index is 13.4. The van der Waals surface area contributed by atoms with Gasteiger partial charge in [0.25, 0.3) is 5.91 Å². The van der Waals surface area contributed by atoms with Crippen LogP contribution in [0.15, 0.2) is 36.4 Å². The SMILES string of the molecule is C=C1C(C)(C)[C@H]2CC[C@]1(C(=O)N1CCN(C(=O)c3cccc(F)c3)CC1)C2. The van der Waals surface area contributed by atoms with Crippen LogP contribution in [0.1, 0.15) is 43.5 Å². The van der Waals surface area contributed by atoms with E-state index < -0.39 is 11.2 Å². The summed E-state index contributed by atoms with van der Waals surface area (Å²) < 4.78 is 13.4. The van der Waals surface area contributed by atoms with Gasteiger partial charge in [0.1, 0.15) is 5.82 Å². The van der Waals surface area contributed by atoms with Gasteiger partial charge in [-0.25, -0.2) is 4.39 Å². The van der Waals surface area contributed by atoms with E-state index in [-0.39, 0.29) is 17.2 Å². The molecule has 4 rings (SSSR count). The highest BCUT2D eigenvalue weighted by Crippen LogP contribution is 2.65. The molecular weight excluding hydrogens is 343 g/mol. The monoisotopic (exact) mass is 370 g/mol. The van der Waals surface area contributed by atoms with Crippen molar-refractivity contribution in [1.82, 2.24) is 9.80 Å². The number of nitrogens with zero attached hydrogens (tertiary/aromatic N) is 2. The molecule has 2 saturated carbocycles. The Hall–Kier alpha value is -2.17. The number of rotatable bonds is 2. The molecule has 0 aromatic heterocycles. The van der Waals surface area contributed by atoms with Gasteiger partial charge in [-0.15, -0.1) is 0 Å². The molecular formula is C22H27FN2O2. The van der Waals surface area contributed by atoms with E-state index in [9.17, 15) is 14.0 Å². The zero-order valence-corrected chi connectivity index (χ0v) is 16.1. The molecule has 3 fully saturated rings. The van der Waals surface area contributed by atoms with Crippen molar-refractivity contribution in [3.63, 3.8) is 0 Å². The van der Waals surface area contributed by atoms with Crippen LogP contribution in [0.25, 0.3) is 0 Å². The fourth-order valence-electron chi connectivity index (χ4n) is 5.34. The van der Waals surface area contributed by atoms with Gasteiger partial charge in [0.15, 0.2) is 0 Å². The maximum atomic E-state index is 13.4. The van der Waals surface area contributed by atoms with Gasteiger partial charge in [-0.2, -0.15) is 0 Å². The zero-order valence-electron chi connectivity index (χ0n) is 16.1. The lowest BCUT2D eigenvalue weighted by Gasteiger charge is -2.42. The van der Waals surface area contributed by atoms with Crippen LogP contribution in [0.5, 0.6) is 0 Å². The van der Waals surface area contributed by atoms with Gasteiger partial charge in [0, 0.05) is 31.7 Å². The van der Waals surface area contributed by atoms with E-state index >= 15 is 0 Å². The summed E-state index contributed by atoms with van der Waals surface area (Å²) in [7, 11) is 0. The summed E-state index contributed by atoms with van der Waals surface area (Å²) in [5.74, 6) is 0.155. The molecule has 1 saturated heterocycles. The summed E-state index contributed by atoms with van der Waals surface area (Å²) in [6.45, 7) is 10.8. The molecule has 1 heterocycles. The van der Waals surface area contributed by atoms with Gasteiger partial charge in [-0.3, -0.25) is 9.59 Å². The van der Waals surface area contributed by atoms with E-state index in [0.717, 1.165) is 24.8 Å². The van der Waals surface area contributed by atoms with Crippen molar-refractivity contribution in [2.45, 2.75) is 33.1 Å². The van der Waals surface area contributed by atoms with Crippen molar-refractivity contribution < 1.29 is 14.0 Å². The third-order valence-electron chi connectivity index (χ3n) is 7.23. The molecule has 2 aliphatic carbocycles. The number of benzene rings is 1. The molecule has 5 heteroatoms. The average molecular weight is 370 g/mol. The molecule has 4 nitrogen and oxygen atoms in total. The molecule has 0 N–H and O–H groups in total. The van der Waals surface area contributed by atoms with Gasteiger partial charge >= 0.3 is 0 Å². The summed E-state index contributed by atoms with van der Waals surface area (Å²) in [5, 5.41) is 0. The van der Waals surface area contributed by atoms with Crippen LogP contribution in [-0.4, -0.2) is 47.8 Å². The van der Waals surface area contributed by atoms with Crippen molar-refractivity contribution >= 4 is 11.8 Å². The number of carbonyl (C=O) groups is 2. The molecule has 1 aromatic rings. The Morgan fingerprint density at radius 3 is 2.41 bits per heavy atom. The molecule has 3 aliphatic rings. The Kier molecular flexibility index (Phi) is 4.17. The lowest BCUT2D eigenvalue weighted by Crippen LogP contribution is -2.54. The van der Waals surface area contributed by atoms with Crippen LogP contribution in [0.3, 0.4) is 0 Å². The minimum atomic E-state index is -0.410. The van der Waals surface area contributed by atoms with Crippen LogP contribution < -0.4 is 0 Å². The average Bonchev–Trinajstić information content (AvgIpc) is 3.20. The lowest BCUT2D eigenvalue weighted by molar-refractivity contribution is -0.141. The minimum absolute atomic E-state index is 0.0308. The Morgan fingerprint density at radius 1 is 1.15 bits per heavy atom. The number of fused-ring (bicyclic) bond motifs is 2. The molecule has 0 radical (unpaired) electrons. The molecule has 1 aliphatic heterocycles. The minimum Gasteiger partial charge on any atom is -0.338 e. The van der Waals surface area contributed by atoms with Crippen molar-refractivity contribution in [1.29, 1.82) is 0 Å². The summed E-state index contributed by atoms with van der Waals surface area (Å²) in [6, 6.07) is 5.77. The van der Waals surface area contributed by atoms with Gasteiger partial charge in [0.2, 0.25) is 5.91 Å². The number of amides is 2. The zero-order chi connectivity index (χ0) is 19.4. The Balaban J connectivity index is 1.43. The van der Waals surface area contributed by atoms with Crippen molar-refractivity contribution in [3.05, 3.63) is 47.8 Å². The number of hydrogen-bond acceptors (Lipinski definition) is 2. The first-order valence-corrected chi connectivity index (χ1v) is 9.80. The number of carbonyl (C=O) groups excluding carboxylic acids is 2. The van der Waals surface area contributed by atoms with Crippen LogP contribution in [0, 0.1) is 22.6 Å². The van der Waals surface area contributed by atoms with Crippen LogP contribution >= 0.6 is 0 Å². The van der Waals surface area contributed by atoms with Gasteiger partial charge in [-0.1, -0.05) is 32.1 Å². The van der Waals surface area contributed by atoms with Gasteiger partial charge < -0.3 is 9.80 Å². The highest BCUT2D eigenvalue weighted by molar-refractivity contribution is 5.94. The van der Waals surface area contributed by atoms with E-state index in [0.29, 0.717) is 37.7 Å². The van der Waals surface area contributed by atoms with Crippen LogP contribution in [-0.2, 0) is 4.79 Å². The first kappa shape index (κ1) is 18.2. The predicted molar refractivity (Wildman–Crippen MR) is 102 cm³/mol. The molecule has 0 spiro atoms. The molecule has 0 unspecified atom stereocenters. The van der Waals surface area contributed by atoms with E-state index in [4.69, 9.17) is 0 Å². The first-order chi connectivity index (χ1) is 12.8. The smallest absolute Gasteiger partial charge is 0.254 e. The standard InChI is InChI=1S/C22H27FN2O2/c1-15-21(2,3)17-7-8-22(15,14-17)20(27)25-11-9-24(10-12-25)19(26)16-5-4-6-18(23)13-16/h4-6,13,17H,1,7-12,14H2,2-3H3/t17-,22-/m0/s1. The third kappa shape index (κ3) is 2.70. The summed E-state index contributed by atoms with van der Waals surface area (Å²) in [6.07, 6.45) is 2.91. The molecule has 1 aromatic carbocycles. The quantitative estimate of drug-likeness (QED) is 0.748. The maximum Gasteiger partial charge on any atom is 0.254 e. The van der Waals surface area contributed by atoms with E-state index in [1.165, 1.54) is 12.1 Å². The molecule has 2 amide bonds. The van der Waals surface area contributed by atoms with Crippen molar-refractivity contribution in [2.24, 2.45) is 16.7 Å². The topological polar surface area (TPSA) is 40.6 Å². The Morgan fingerprint density at radius 2 is 1.81 bits per heavy atom. The van der Waals surface area contributed by atoms with Crippen molar-refractivity contribution in [3.8, 4) is 0 Å². The second kappa shape index (κ2) is 6.18. The normalized spacial score (nSPS) is 29.3. The lowest BCUT2D eigenvalue weighted by atomic mass is 9.68. The number of hydrogen-bond donors (Lipinski definition) is 0. The summed E-state index contributed by atoms with van der Waals surface area (Å²) in [4.78, 5) is 29.6. The van der Waals surface area contributed by atoms with Gasteiger partial charge in [-0.05, 0) is 48.8 Å². The molecule has 2 bridgehead atoms. The van der Waals surface area contributed by atoms with Crippen LogP contribution in [0.4, 0.5) is 4.39 Å². The second-order valence-electron chi connectivity index (χ2n) is 8.82. The van der Waals surface area contributed by atoms with Crippen LogP contribution in [0.2, 0.25) is 0 Å². The summed E-state index contributed by atoms with van der Waals surface area (Å²) >= 11 is 0. The highest BCUT2D eigenvalue weighted by atomic mass is 19.1. The van der Waals surface area contributed by atoms with Crippen molar-refractivity contribution in [2.75, 3.05) is 26.2 Å². The van der Waals surface area contributed by atoms with E-state index in [1.807, 2.05) is 4.90 Å². The first-order valence-electron chi connectivity index (χ1n) is 9.80. The fourth-order valence-corrected chi connectivity index (χ4v) is 5.34.